The fourth-order valence-electron chi connectivity index (χ4n) is 2.23. The molecule has 0 saturated carbocycles. The molecule has 0 aliphatic rings. The molecule has 152 valence electrons. The minimum Gasteiger partial charge on any atom is -0.481 e. The average molecular weight is 419 g/mol. The van der Waals surface area contributed by atoms with E-state index < -0.39 is 16.1 Å². The van der Waals surface area contributed by atoms with Crippen LogP contribution in [0.3, 0.4) is 0 Å². The normalized spacial score (nSPS) is 11.0. The summed E-state index contributed by atoms with van der Waals surface area (Å²) in [4.78, 5) is 23.7. The number of rotatable bonds is 7. The topological polar surface area (TPSA) is 150 Å². The second-order valence-electron chi connectivity index (χ2n) is 5.59. The molecule has 0 atom stereocenters. The number of urea groups is 1. The predicted octanol–water partition coefficient (Wildman–Crippen LogP) is 0.932. The van der Waals surface area contributed by atoms with Crippen LogP contribution in [0, 0.1) is 6.92 Å². The van der Waals surface area contributed by atoms with E-state index in [0.717, 1.165) is 0 Å². The number of para-hydroxylation sites is 1. The van der Waals surface area contributed by atoms with Gasteiger partial charge in [-0.1, -0.05) is 12.1 Å². The first-order valence-corrected chi connectivity index (χ1v) is 9.63. The minimum atomic E-state index is -4.25. The van der Waals surface area contributed by atoms with E-state index in [9.17, 15) is 13.2 Å². The molecule has 0 fully saturated rings. The number of amides is 2. The van der Waals surface area contributed by atoms with Crippen LogP contribution in [0.2, 0.25) is 0 Å². The Labute approximate surface area is 166 Å². The summed E-state index contributed by atoms with van der Waals surface area (Å²) in [5.74, 6) is 0.157. The van der Waals surface area contributed by atoms with Gasteiger partial charge in [0.25, 0.3) is 10.0 Å². The molecule has 29 heavy (non-hydrogen) atoms. The lowest BCUT2D eigenvalue weighted by Gasteiger charge is -2.13. The number of aromatic nitrogens is 5. The van der Waals surface area contributed by atoms with Gasteiger partial charge >= 0.3 is 6.03 Å². The van der Waals surface area contributed by atoms with Gasteiger partial charge in [0.15, 0.2) is 6.73 Å². The van der Waals surface area contributed by atoms with Crippen molar-refractivity contribution in [1.82, 2.24) is 29.5 Å². The zero-order chi connectivity index (χ0) is 20.9. The van der Waals surface area contributed by atoms with E-state index in [0.29, 0.717) is 5.69 Å². The van der Waals surface area contributed by atoms with Crippen molar-refractivity contribution < 1.29 is 22.7 Å². The summed E-state index contributed by atoms with van der Waals surface area (Å²) in [5.41, 5.74) is 0.530. The van der Waals surface area contributed by atoms with E-state index in [4.69, 9.17) is 9.47 Å². The first-order valence-electron chi connectivity index (χ1n) is 8.15. The average Bonchev–Trinajstić information content (AvgIpc) is 3.19. The summed E-state index contributed by atoms with van der Waals surface area (Å²) in [6.45, 7) is 1.61. The predicted molar refractivity (Wildman–Crippen MR) is 99.8 cm³/mol. The highest BCUT2D eigenvalue weighted by molar-refractivity contribution is 7.90. The van der Waals surface area contributed by atoms with Crippen LogP contribution in [0.15, 0.2) is 47.9 Å². The second-order valence-corrected chi connectivity index (χ2v) is 7.24. The van der Waals surface area contributed by atoms with Gasteiger partial charge in [0.05, 0.1) is 7.11 Å². The van der Waals surface area contributed by atoms with Gasteiger partial charge < -0.3 is 9.47 Å². The zero-order valence-electron chi connectivity index (χ0n) is 15.4. The van der Waals surface area contributed by atoms with Gasteiger partial charge in [0, 0.05) is 11.8 Å². The standard InChI is InChI=1S/C16H17N7O5S/c1-11-7-14(27-2)20-15(19-11)21-16(24)22-29(25,26)13-6-4-3-5-12(13)28-10-23-9-17-8-18-23/h3-9H,10H2,1-2H3,(H2,19,20,21,22,24). The SMILES string of the molecule is COc1cc(C)nc(NC(=O)NS(=O)(=O)c2ccccc2OCn2cncn2)n1. The van der Waals surface area contributed by atoms with Crippen molar-refractivity contribution in [3.8, 4) is 11.6 Å². The van der Waals surface area contributed by atoms with Gasteiger partial charge in [0.2, 0.25) is 11.8 Å². The van der Waals surface area contributed by atoms with E-state index in [1.807, 2.05) is 4.72 Å². The Morgan fingerprint density at radius 1 is 1.24 bits per heavy atom. The number of nitrogens with one attached hydrogen (secondary N) is 2. The molecule has 2 heterocycles. The quantitative estimate of drug-likeness (QED) is 0.570. The van der Waals surface area contributed by atoms with Crippen molar-refractivity contribution >= 4 is 22.0 Å². The molecule has 2 aromatic heterocycles. The smallest absolute Gasteiger partial charge is 0.335 e. The highest BCUT2D eigenvalue weighted by Crippen LogP contribution is 2.23. The molecule has 1 aromatic carbocycles. The Hall–Kier alpha value is -3.74. The number of anilines is 1. The summed E-state index contributed by atoms with van der Waals surface area (Å²) in [7, 11) is -2.84. The summed E-state index contributed by atoms with van der Waals surface area (Å²) >= 11 is 0. The maximum atomic E-state index is 12.7. The number of sulfonamides is 1. The van der Waals surface area contributed by atoms with Crippen LogP contribution >= 0.6 is 0 Å². The molecular weight excluding hydrogens is 402 g/mol. The first kappa shape index (κ1) is 20.0. The van der Waals surface area contributed by atoms with Crippen LogP contribution in [0.5, 0.6) is 11.6 Å². The molecule has 3 aromatic rings. The monoisotopic (exact) mass is 419 g/mol. The number of hydrogen-bond acceptors (Lipinski definition) is 9. The first-order chi connectivity index (χ1) is 13.9. The summed E-state index contributed by atoms with van der Waals surface area (Å²) in [6.07, 6.45) is 2.74. The van der Waals surface area contributed by atoms with Crippen LogP contribution in [0.4, 0.5) is 10.7 Å². The third-order valence-electron chi connectivity index (χ3n) is 3.45. The van der Waals surface area contributed by atoms with E-state index in [-0.39, 0.29) is 29.2 Å². The van der Waals surface area contributed by atoms with Gasteiger partial charge in [-0.25, -0.2) is 32.6 Å². The Balaban J connectivity index is 1.74. The van der Waals surface area contributed by atoms with Gasteiger partial charge in [0.1, 0.15) is 23.3 Å². The number of hydrogen-bond donors (Lipinski definition) is 2. The second kappa shape index (κ2) is 8.52. The Morgan fingerprint density at radius 2 is 2.03 bits per heavy atom. The van der Waals surface area contributed by atoms with Crippen molar-refractivity contribution in [1.29, 1.82) is 0 Å². The van der Waals surface area contributed by atoms with Gasteiger partial charge in [-0.3, -0.25) is 5.32 Å². The van der Waals surface area contributed by atoms with Crippen molar-refractivity contribution in [2.75, 3.05) is 12.4 Å². The highest BCUT2D eigenvalue weighted by Gasteiger charge is 2.22. The van der Waals surface area contributed by atoms with E-state index in [2.05, 4.69) is 25.4 Å². The molecule has 0 unspecified atom stereocenters. The number of ether oxygens (including phenoxy) is 2. The van der Waals surface area contributed by atoms with Crippen LogP contribution in [-0.4, -0.2) is 46.3 Å². The van der Waals surface area contributed by atoms with E-state index in [1.165, 1.54) is 42.6 Å². The maximum absolute atomic E-state index is 12.7. The molecule has 0 aliphatic heterocycles. The van der Waals surface area contributed by atoms with Crippen LogP contribution in [0.25, 0.3) is 0 Å². The largest absolute Gasteiger partial charge is 0.481 e. The molecule has 2 N–H and O–H groups in total. The number of nitrogens with zero attached hydrogens (tertiary/aromatic N) is 5. The van der Waals surface area contributed by atoms with E-state index >= 15 is 0 Å². The molecule has 13 heteroatoms. The number of carbonyl (C=O) groups is 1. The van der Waals surface area contributed by atoms with Gasteiger partial charge in [-0.2, -0.15) is 10.1 Å². The van der Waals surface area contributed by atoms with Gasteiger partial charge in [-0.05, 0) is 19.1 Å². The lowest BCUT2D eigenvalue weighted by molar-refractivity contribution is 0.215. The molecule has 0 saturated heterocycles. The Kier molecular flexibility index (Phi) is 5.87. The Bertz CT molecular complexity index is 1100. The number of methoxy groups -OCH3 is 1. The summed E-state index contributed by atoms with van der Waals surface area (Å²) < 4.78 is 39.0. The van der Waals surface area contributed by atoms with Crippen LogP contribution < -0.4 is 19.5 Å². The molecule has 2 amide bonds. The van der Waals surface area contributed by atoms with Crippen molar-refractivity contribution in [3.63, 3.8) is 0 Å². The van der Waals surface area contributed by atoms with Crippen molar-refractivity contribution in [3.05, 3.63) is 48.7 Å². The van der Waals surface area contributed by atoms with Crippen molar-refractivity contribution in [2.24, 2.45) is 0 Å². The number of aryl methyl sites for hydroxylation is 1. The third-order valence-corrected chi connectivity index (χ3v) is 4.82. The molecule has 0 aliphatic carbocycles. The lowest BCUT2D eigenvalue weighted by atomic mass is 10.3. The lowest BCUT2D eigenvalue weighted by Crippen LogP contribution is -2.35. The molecule has 0 radical (unpaired) electrons. The number of carbonyl (C=O) groups excluding carboxylic acids is 1. The zero-order valence-corrected chi connectivity index (χ0v) is 16.3. The van der Waals surface area contributed by atoms with E-state index in [1.54, 1.807) is 19.1 Å². The van der Waals surface area contributed by atoms with Crippen LogP contribution in [0.1, 0.15) is 5.69 Å². The third kappa shape index (κ3) is 5.16. The number of benzene rings is 1. The fourth-order valence-corrected chi connectivity index (χ4v) is 3.29. The fraction of sp³-hybridized carbons (Fsp3) is 0.188. The van der Waals surface area contributed by atoms with Crippen molar-refractivity contribution in [2.45, 2.75) is 18.6 Å². The Morgan fingerprint density at radius 3 is 2.76 bits per heavy atom. The van der Waals surface area contributed by atoms with Gasteiger partial charge in [-0.15, -0.1) is 0 Å². The highest BCUT2D eigenvalue weighted by atomic mass is 32.2. The van der Waals surface area contributed by atoms with Crippen LogP contribution in [-0.2, 0) is 16.8 Å². The summed E-state index contributed by atoms with van der Waals surface area (Å²) in [6, 6.07) is 6.38. The minimum absolute atomic E-state index is 0.0387. The maximum Gasteiger partial charge on any atom is 0.335 e. The molecule has 12 nitrogen and oxygen atoms in total. The molecule has 3 rings (SSSR count). The molecule has 0 spiro atoms. The molecular formula is C16H17N7O5S. The summed E-state index contributed by atoms with van der Waals surface area (Å²) in [5, 5.41) is 6.13. The molecule has 0 bridgehead atoms.